The summed E-state index contributed by atoms with van der Waals surface area (Å²) < 4.78 is 54.0. The molecule has 1 fully saturated rings. The van der Waals surface area contributed by atoms with Gasteiger partial charge in [0.15, 0.2) is 11.6 Å². The van der Waals surface area contributed by atoms with Gasteiger partial charge in [-0.15, -0.1) is 0 Å². The predicted molar refractivity (Wildman–Crippen MR) is 105 cm³/mol. The zero-order chi connectivity index (χ0) is 23.3. The lowest BCUT2D eigenvalue weighted by atomic mass is 9.75. The SMILES string of the molecule is Cc1c(C(=O)Nc2ccc(F)c(F)c2)c(Cl)c(C(=O)C(=O)NC2(C)CC(F)(F)C2)n1C. The monoisotopic (exact) mass is 459 g/mol. The molecule has 1 aliphatic rings. The molecule has 31 heavy (non-hydrogen) atoms. The highest BCUT2D eigenvalue weighted by Gasteiger charge is 2.55. The van der Waals surface area contributed by atoms with Crippen LogP contribution in [0.1, 0.15) is 46.3 Å². The summed E-state index contributed by atoms with van der Waals surface area (Å²) >= 11 is 6.22. The van der Waals surface area contributed by atoms with E-state index in [1.165, 1.54) is 25.5 Å². The van der Waals surface area contributed by atoms with Crippen molar-refractivity contribution in [1.29, 1.82) is 0 Å². The first kappa shape index (κ1) is 22.8. The maximum absolute atomic E-state index is 13.4. The van der Waals surface area contributed by atoms with Gasteiger partial charge in [-0.05, 0) is 26.0 Å². The van der Waals surface area contributed by atoms with Crippen LogP contribution in [-0.2, 0) is 11.8 Å². The number of anilines is 1. The molecule has 3 rings (SSSR count). The Balaban J connectivity index is 1.84. The lowest BCUT2D eigenvalue weighted by Crippen LogP contribution is -2.61. The zero-order valence-corrected chi connectivity index (χ0v) is 17.5. The number of halogens is 5. The van der Waals surface area contributed by atoms with E-state index >= 15 is 0 Å². The maximum atomic E-state index is 13.4. The molecule has 0 radical (unpaired) electrons. The number of benzene rings is 1. The van der Waals surface area contributed by atoms with Crippen LogP contribution in [0.15, 0.2) is 18.2 Å². The Morgan fingerprint density at radius 3 is 2.29 bits per heavy atom. The Hall–Kier alpha value is -2.88. The first-order valence-corrected chi connectivity index (χ1v) is 9.48. The first-order valence-electron chi connectivity index (χ1n) is 9.10. The van der Waals surface area contributed by atoms with Gasteiger partial charge in [-0.2, -0.15) is 0 Å². The first-order chi connectivity index (χ1) is 14.2. The Kier molecular flexibility index (Phi) is 5.64. The smallest absolute Gasteiger partial charge is 0.294 e. The number of hydrogen-bond acceptors (Lipinski definition) is 3. The van der Waals surface area contributed by atoms with Gasteiger partial charge in [0, 0.05) is 42.9 Å². The van der Waals surface area contributed by atoms with E-state index in [-0.39, 0.29) is 27.7 Å². The number of ketones is 1. The summed E-state index contributed by atoms with van der Waals surface area (Å²) in [5, 5.41) is 4.31. The summed E-state index contributed by atoms with van der Waals surface area (Å²) in [5.74, 6) is -8.21. The van der Waals surface area contributed by atoms with E-state index in [9.17, 15) is 31.9 Å². The molecule has 11 heteroatoms. The molecule has 2 aromatic rings. The third kappa shape index (κ3) is 4.30. The molecule has 2 N–H and O–H groups in total. The van der Waals surface area contributed by atoms with E-state index in [0.29, 0.717) is 0 Å². The standard InChI is InChI=1S/C20H18ClF4N3O3/c1-9-13(17(30)26-10-4-5-11(22)12(23)6-10)14(21)15(28(9)3)16(29)18(31)27-19(2)7-20(24,25)8-19/h4-6H,7-8H2,1-3H3,(H,26,30)(H,27,31). The third-order valence-corrected chi connectivity index (χ3v) is 5.53. The quantitative estimate of drug-likeness (QED) is 0.403. The number of carbonyl (C=O) groups is 3. The minimum absolute atomic E-state index is 0.0484. The van der Waals surface area contributed by atoms with Gasteiger partial charge in [0.05, 0.1) is 10.6 Å². The molecule has 6 nitrogen and oxygen atoms in total. The third-order valence-electron chi connectivity index (χ3n) is 5.17. The van der Waals surface area contributed by atoms with E-state index in [1.54, 1.807) is 0 Å². The Morgan fingerprint density at radius 1 is 1.13 bits per heavy atom. The average Bonchev–Trinajstić information content (AvgIpc) is 2.84. The van der Waals surface area contributed by atoms with Gasteiger partial charge in [0.1, 0.15) is 5.69 Å². The molecule has 1 aliphatic carbocycles. The summed E-state index contributed by atoms with van der Waals surface area (Å²) in [6.07, 6.45) is -1.19. The summed E-state index contributed by atoms with van der Waals surface area (Å²) in [6, 6.07) is 2.74. The minimum Gasteiger partial charge on any atom is -0.344 e. The van der Waals surface area contributed by atoms with Crippen LogP contribution < -0.4 is 10.6 Å². The fourth-order valence-corrected chi connectivity index (χ4v) is 4.10. The molecule has 0 unspecified atom stereocenters. The highest BCUT2D eigenvalue weighted by Crippen LogP contribution is 2.45. The second kappa shape index (κ2) is 7.67. The second-order valence-electron chi connectivity index (χ2n) is 7.82. The van der Waals surface area contributed by atoms with E-state index in [2.05, 4.69) is 10.6 Å². The average molecular weight is 460 g/mol. The van der Waals surface area contributed by atoms with E-state index in [1.807, 2.05) is 0 Å². The number of amides is 2. The normalized spacial score (nSPS) is 16.4. The van der Waals surface area contributed by atoms with Crippen LogP contribution in [0.3, 0.4) is 0 Å². The second-order valence-corrected chi connectivity index (χ2v) is 8.20. The van der Waals surface area contributed by atoms with Crippen LogP contribution >= 0.6 is 11.6 Å². The lowest BCUT2D eigenvalue weighted by molar-refractivity contribution is -0.140. The van der Waals surface area contributed by atoms with Gasteiger partial charge in [0.2, 0.25) is 0 Å². The summed E-state index contributed by atoms with van der Waals surface area (Å²) in [6.45, 7) is 2.86. The number of nitrogens with one attached hydrogen (secondary N) is 2. The van der Waals surface area contributed by atoms with Gasteiger partial charge in [-0.25, -0.2) is 17.6 Å². The van der Waals surface area contributed by atoms with Crippen molar-refractivity contribution in [3.63, 3.8) is 0 Å². The van der Waals surface area contributed by atoms with Crippen molar-refractivity contribution in [2.24, 2.45) is 7.05 Å². The largest absolute Gasteiger partial charge is 0.344 e. The molecular weight excluding hydrogens is 442 g/mol. The van der Waals surface area contributed by atoms with E-state index < -0.39 is 53.5 Å². The van der Waals surface area contributed by atoms with E-state index in [0.717, 1.165) is 18.2 Å². The van der Waals surface area contributed by atoms with Gasteiger partial charge in [0.25, 0.3) is 23.5 Å². The number of alkyl halides is 2. The molecule has 1 heterocycles. The fourth-order valence-electron chi connectivity index (χ4n) is 3.66. The molecule has 166 valence electrons. The van der Waals surface area contributed by atoms with Crippen LogP contribution in [0.2, 0.25) is 5.02 Å². The van der Waals surface area contributed by atoms with Crippen molar-refractivity contribution >= 4 is 34.9 Å². The number of nitrogens with zero attached hydrogens (tertiary/aromatic N) is 1. The van der Waals surface area contributed by atoms with Crippen LogP contribution in [0.25, 0.3) is 0 Å². The summed E-state index contributed by atoms with van der Waals surface area (Å²) in [7, 11) is 1.40. The van der Waals surface area contributed by atoms with E-state index in [4.69, 9.17) is 11.6 Å². The Bertz CT molecular complexity index is 1110. The van der Waals surface area contributed by atoms with Gasteiger partial charge in [-0.3, -0.25) is 14.4 Å². The number of Topliss-reactive ketones (excluding diaryl/α,β-unsaturated/α-hetero) is 1. The van der Waals surface area contributed by atoms with Crippen molar-refractivity contribution in [2.75, 3.05) is 5.32 Å². The number of aromatic nitrogens is 1. The molecule has 0 saturated heterocycles. The minimum atomic E-state index is -2.91. The van der Waals surface area contributed by atoms with Crippen molar-refractivity contribution in [2.45, 2.75) is 38.2 Å². The topological polar surface area (TPSA) is 80.2 Å². The van der Waals surface area contributed by atoms with Crippen molar-refractivity contribution < 1.29 is 31.9 Å². The van der Waals surface area contributed by atoms with Crippen LogP contribution in [0, 0.1) is 18.6 Å². The van der Waals surface area contributed by atoms with Crippen molar-refractivity contribution in [1.82, 2.24) is 9.88 Å². The molecule has 1 aromatic heterocycles. The molecule has 1 aromatic carbocycles. The van der Waals surface area contributed by atoms with Gasteiger partial charge in [-0.1, -0.05) is 11.6 Å². The molecule has 0 bridgehead atoms. The molecule has 0 atom stereocenters. The van der Waals surface area contributed by atoms with Gasteiger partial charge < -0.3 is 15.2 Å². The zero-order valence-electron chi connectivity index (χ0n) is 16.7. The van der Waals surface area contributed by atoms with Crippen LogP contribution in [0.5, 0.6) is 0 Å². The van der Waals surface area contributed by atoms with Crippen LogP contribution in [-0.4, -0.2) is 33.6 Å². The van der Waals surface area contributed by atoms with Crippen molar-refractivity contribution in [3.05, 3.63) is 51.8 Å². The van der Waals surface area contributed by atoms with Crippen LogP contribution in [0.4, 0.5) is 23.2 Å². The molecule has 2 amide bonds. The predicted octanol–water partition coefficient (Wildman–Crippen LogP) is 4.00. The summed E-state index contributed by atoms with van der Waals surface area (Å²) in [4.78, 5) is 37.7. The number of rotatable bonds is 5. The highest BCUT2D eigenvalue weighted by atomic mass is 35.5. The Morgan fingerprint density at radius 2 is 1.74 bits per heavy atom. The maximum Gasteiger partial charge on any atom is 0.294 e. The highest BCUT2D eigenvalue weighted by molar-refractivity contribution is 6.48. The number of carbonyl (C=O) groups excluding carboxylic acids is 3. The molecule has 0 aliphatic heterocycles. The van der Waals surface area contributed by atoms with Crippen molar-refractivity contribution in [3.8, 4) is 0 Å². The fraction of sp³-hybridized carbons (Fsp3) is 0.350. The number of hydrogen-bond donors (Lipinski definition) is 2. The Labute approximate surface area is 179 Å². The van der Waals surface area contributed by atoms with Gasteiger partial charge >= 0.3 is 0 Å². The molecule has 1 saturated carbocycles. The molecule has 0 spiro atoms. The molecular formula is C20H18ClF4N3O3. The summed E-state index contributed by atoms with van der Waals surface area (Å²) in [5.41, 5.74) is -1.50. The lowest BCUT2D eigenvalue weighted by Gasteiger charge is -2.45.